The molecule has 0 atom stereocenters. The molecule has 1 aromatic carbocycles. The van der Waals surface area contributed by atoms with Crippen LogP contribution in [-0.2, 0) is 11.2 Å². The van der Waals surface area contributed by atoms with Gasteiger partial charge in [-0.3, -0.25) is 4.79 Å². The lowest BCUT2D eigenvalue weighted by Crippen LogP contribution is -2.27. The van der Waals surface area contributed by atoms with Crippen molar-refractivity contribution in [3.8, 4) is 11.6 Å². The van der Waals surface area contributed by atoms with Gasteiger partial charge in [0, 0.05) is 6.07 Å². The molecule has 0 saturated heterocycles. The molecule has 4 heteroatoms. The van der Waals surface area contributed by atoms with E-state index in [1.165, 1.54) is 5.56 Å². The van der Waals surface area contributed by atoms with E-state index in [-0.39, 0.29) is 11.9 Å². The maximum Gasteiger partial charge on any atom is 0.315 e. The molecule has 0 aliphatic heterocycles. The third-order valence-corrected chi connectivity index (χ3v) is 4.16. The third kappa shape index (κ3) is 3.06. The van der Waals surface area contributed by atoms with Crippen molar-refractivity contribution in [2.45, 2.75) is 46.0 Å². The maximum absolute atomic E-state index is 12.1. The van der Waals surface area contributed by atoms with Crippen molar-refractivity contribution >= 4 is 5.97 Å². The van der Waals surface area contributed by atoms with Gasteiger partial charge >= 0.3 is 5.97 Å². The second-order valence-electron chi connectivity index (χ2n) is 6.02. The van der Waals surface area contributed by atoms with Gasteiger partial charge in [0.1, 0.15) is 0 Å². The molecule has 1 fully saturated rings. The number of esters is 1. The minimum atomic E-state index is -0.123. The Balaban J connectivity index is 1.89. The average molecular weight is 298 g/mol. The van der Waals surface area contributed by atoms with E-state index in [0.29, 0.717) is 5.88 Å². The van der Waals surface area contributed by atoms with Crippen LogP contribution in [0.25, 0.3) is 5.69 Å². The lowest BCUT2D eigenvalue weighted by molar-refractivity contribution is -0.142. The summed E-state index contributed by atoms with van der Waals surface area (Å²) in [5, 5.41) is 4.60. The van der Waals surface area contributed by atoms with Crippen LogP contribution in [-0.4, -0.2) is 15.7 Å². The fourth-order valence-corrected chi connectivity index (χ4v) is 2.56. The van der Waals surface area contributed by atoms with Crippen LogP contribution >= 0.6 is 0 Å². The van der Waals surface area contributed by atoms with Crippen LogP contribution in [0.3, 0.4) is 0 Å². The molecule has 22 heavy (non-hydrogen) atoms. The summed E-state index contributed by atoms with van der Waals surface area (Å²) in [6.45, 7) is 4.16. The molecule has 4 nitrogen and oxygen atoms in total. The predicted molar refractivity (Wildman–Crippen MR) is 85.3 cm³/mol. The van der Waals surface area contributed by atoms with Gasteiger partial charge in [0.25, 0.3) is 0 Å². The summed E-state index contributed by atoms with van der Waals surface area (Å²) < 4.78 is 7.36. The van der Waals surface area contributed by atoms with E-state index in [4.69, 9.17) is 4.74 Å². The van der Waals surface area contributed by atoms with Crippen LogP contribution in [0.5, 0.6) is 5.88 Å². The number of aryl methyl sites for hydroxylation is 2. The minimum absolute atomic E-state index is 0.0657. The first-order valence-corrected chi connectivity index (χ1v) is 8.05. The fraction of sp³-hybridized carbons (Fsp3) is 0.444. The van der Waals surface area contributed by atoms with Gasteiger partial charge in [0.2, 0.25) is 5.88 Å². The smallest absolute Gasteiger partial charge is 0.315 e. The molecule has 0 unspecified atom stereocenters. The Morgan fingerprint density at radius 3 is 2.64 bits per heavy atom. The topological polar surface area (TPSA) is 44.1 Å². The van der Waals surface area contributed by atoms with Crippen molar-refractivity contribution in [1.29, 1.82) is 0 Å². The quantitative estimate of drug-likeness (QED) is 0.788. The number of nitrogens with zero attached hydrogens (tertiary/aromatic N) is 2. The van der Waals surface area contributed by atoms with Crippen LogP contribution < -0.4 is 4.74 Å². The van der Waals surface area contributed by atoms with Gasteiger partial charge in [-0.25, -0.2) is 4.68 Å². The molecule has 0 radical (unpaired) electrons. The second-order valence-corrected chi connectivity index (χ2v) is 6.02. The standard InChI is InChI=1S/C18H22N2O2/c1-3-5-15-12-17(22-18(21)14-6-4-7-14)20(19-15)16-10-8-13(2)9-11-16/h8-12,14H,3-7H2,1-2H3. The van der Waals surface area contributed by atoms with Gasteiger partial charge in [-0.2, -0.15) is 5.10 Å². The molecule has 116 valence electrons. The molecule has 2 aromatic rings. The number of benzene rings is 1. The zero-order chi connectivity index (χ0) is 15.5. The van der Waals surface area contributed by atoms with Gasteiger partial charge in [-0.15, -0.1) is 0 Å². The number of ether oxygens (including phenoxy) is 1. The Labute approximate surface area is 131 Å². The van der Waals surface area contributed by atoms with Crippen LogP contribution in [0.15, 0.2) is 30.3 Å². The molecule has 3 rings (SSSR count). The van der Waals surface area contributed by atoms with Crippen molar-refractivity contribution in [2.75, 3.05) is 0 Å². The molecule has 0 bridgehead atoms. The van der Waals surface area contributed by atoms with Crippen molar-refractivity contribution in [3.63, 3.8) is 0 Å². The van der Waals surface area contributed by atoms with Crippen LogP contribution in [0.4, 0.5) is 0 Å². The first-order valence-electron chi connectivity index (χ1n) is 8.05. The number of carbonyl (C=O) groups is 1. The van der Waals surface area contributed by atoms with E-state index in [9.17, 15) is 4.79 Å². The Kier molecular flexibility index (Phi) is 4.27. The zero-order valence-corrected chi connectivity index (χ0v) is 13.2. The number of hydrogen-bond acceptors (Lipinski definition) is 3. The highest BCUT2D eigenvalue weighted by atomic mass is 16.5. The van der Waals surface area contributed by atoms with Gasteiger partial charge < -0.3 is 4.74 Å². The molecule has 1 aromatic heterocycles. The van der Waals surface area contributed by atoms with Crippen LogP contribution in [0.1, 0.15) is 43.9 Å². The van der Waals surface area contributed by atoms with E-state index >= 15 is 0 Å². The summed E-state index contributed by atoms with van der Waals surface area (Å²) in [6, 6.07) is 9.96. The van der Waals surface area contributed by atoms with E-state index in [0.717, 1.165) is 43.5 Å². The monoisotopic (exact) mass is 298 g/mol. The minimum Gasteiger partial charge on any atom is -0.407 e. The normalized spacial score (nSPS) is 14.6. The van der Waals surface area contributed by atoms with Crippen LogP contribution in [0.2, 0.25) is 0 Å². The molecule has 0 spiro atoms. The zero-order valence-electron chi connectivity index (χ0n) is 13.2. The lowest BCUT2D eigenvalue weighted by atomic mass is 9.86. The molecule has 0 N–H and O–H groups in total. The number of aromatic nitrogens is 2. The largest absolute Gasteiger partial charge is 0.407 e. The molecule has 0 amide bonds. The Bertz CT molecular complexity index is 654. The molecular weight excluding hydrogens is 276 g/mol. The highest BCUT2D eigenvalue weighted by Gasteiger charge is 2.28. The van der Waals surface area contributed by atoms with Crippen LogP contribution in [0, 0.1) is 12.8 Å². The Morgan fingerprint density at radius 1 is 1.32 bits per heavy atom. The molecule has 1 heterocycles. The average Bonchev–Trinajstić information content (AvgIpc) is 2.80. The first kappa shape index (κ1) is 14.8. The maximum atomic E-state index is 12.1. The summed E-state index contributed by atoms with van der Waals surface area (Å²) in [7, 11) is 0. The van der Waals surface area contributed by atoms with Gasteiger partial charge in [-0.05, 0) is 38.3 Å². The molecule has 1 aliphatic rings. The second kappa shape index (κ2) is 6.34. The van der Waals surface area contributed by atoms with Gasteiger partial charge in [0.05, 0.1) is 17.3 Å². The van der Waals surface area contributed by atoms with Gasteiger partial charge in [0.15, 0.2) is 0 Å². The van der Waals surface area contributed by atoms with Crippen molar-refractivity contribution in [3.05, 3.63) is 41.6 Å². The molecule has 1 saturated carbocycles. The number of hydrogen-bond donors (Lipinski definition) is 0. The number of carbonyl (C=O) groups excluding carboxylic acids is 1. The highest BCUT2D eigenvalue weighted by Crippen LogP contribution is 2.29. The predicted octanol–water partition coefficient (Wildman–Crippen LogP) is 3.84. The molecular formula is C18H22N2O2. The van der Waals surface area contributed by atoms with Crippen molar-refractivity contribution in [2.24, 2.45) is 5.92 Å². The fourth-order valence-electron chi connectivity index (χ4n) is 2.56. The Hall–Kier alpha value is -2.10. The van der Waals surface area contributed by atoms with E-state index in [1.54, 1.807) is 4.68 Å². The summed E-state index contributed by atoms with van der Waals surface area (Å²) in [4.78, 5) is 12.1. The van der Waals surface area contributed by atoms with Crippen molar-refractivity contribution in [1.82, 2.24) is 9.78 Å². The third-order valence-electron chi connectivity index (χ3n) is 4.16. The SMILES string of the molecule is CCCc1cc(OC(=O)C2CCC2)n(-c2ccc(C)cc2)n1. The highest BCUT2D eigenvalue weighted by molar-refractivity contribution is 5.75. The Morgan fingerprint density at radius 2 is 2.05 bits per heavy atom. The van der Waals surface area contributed by atoms with E-state index in [1.807, 2.05) is 37.3 Å². The van der Waals surface area contributed by atoms with Gasteiger partial charge in [-0.1, -0.05) is 37.5 Å². The first-order chi connectivity index (χ1) is 10.7. The summed E-state index contributed by atoms with van der Waals surface area (Å²) in [5.74, 6) is 0.475. The van der Waals surface area contributed by atoms with E-state index < -0.39 is 0 Å². The summed E-state index contributed by atoms with van der Waals surface area (Å²) in [5.41, 5.74) is 3.07. The summed E-state index contributed by atoms with van der Waals surface area (Å²) >= 11 is 0. The summed E-state index contributed by atoms with van der Waals surface area (Å²) in [6.07, 6.45) is 4.91. The van der Waals surface area contributed by atoms with E-state index in [2.05, 4.69) is 12.0 Å². The lowest BCUT2D eigenvalue weighted by Gasteiger charge is -2.22. The molecule has 1 aliphatic carbocycles. The number of rotatable bonds is 5. The van der Waals surface area contributed by atoms with Crippen molar-refractivity contribution < 1.29 is 9.53 Å².